The van der Waals surface area contributed by atoms with E-state index in [0.717, 1.165) is 11.8 Å². The lowest BCUT2D eigenvalue weighted by molar-refractivity contribution is -0.143. The van der Waals surface area contributed by atoms with E-state index >= 15 is 0 Å². The zero-order chi connectivity index (χ0) is 21.0. The van der Waals surface area contributed by atoms with Crippen LogP contribution in [-0.2, 0) is 15.7 Å². The molecule has 7 nitrogen and oxygen atoms in total. The maximum absolute atomic E-state index is 12.8. The topological polar surface area (TPSA) is 86.3 Å². The Hall–Kier alpha value is -3.56. The number of esters is 1. The van der Waals surface area contributed by atoms with Crippen molar-refractivity contribution in [3.63, 3.8) is 0 Å². The summed E-state index contributed by atoms with van der Waals surface area (Å²) in [6.45, 7) is 0. The number of benzene rings is 1. The van der Waals surface area contributed by atoms with E-state index in [1.807, 2.05) is 0 Å². The van der Waals surface area contributed by atoms with Crippen molar-refractivity contribution in [3.05, 3.63) is 54.0 Å². The van der Waals surface area contributed by atoms with Gasteiger partial charge in [0.05, 0.1) is 13.3 Å². The molecule has 0 spiro atoms. The minimum absolute atomic E-state index is 0.0168. The van der Waals surface area contributed by atoms with Crippen LogP contribution in [0.15, 0.2) is 42.7 Å². The fraction of sp³-hybridized carbons (Fsp3) is 0.250. The molecule has 10 heteroatoms. The van der Waals surface area contributed by atoms with E-state index in [4.69, 9.17) is 14.2 Å². The first-order valence-electron chi connectivity index (χ1n) is 9.00. The first-order chi connectivity index (χ1) is 14.3. The number of methoxy groups -OCH3 is 1. The van der Waals surface area contributed by atoms with Gasteiger partial charge < -0.3 is 19.2 Å². The Labute approximate surface area is 167 Å². The van der Waals surface area contributed by atoms with Gasteiger partial charge in [0, 0.05) is 23.7 Å². The fourth-order valence-electron chi connectivity index (χ4n) is 3.66. The molecule has 0 radical (unpaired) electrons. The van der Waals surface area contributed by atoms with Gasteiger partial charge in [0.2, 0.25) is 0 Å². The van der Waals surface area contributed by atoms with E-state index in [1.54, 1.807) is 24.3 Å². The number of imidazole rings is 1. The Morgan fingerprint density at radius 1 is 1.17 bits per heavy atom. The van der Waals surface area contributed by atoms with Crippen molar-refractivity contribution < 1.29 is 32.2 Å². The van der Waals surface area contributed by atoms with Crippen LogP contribution in [-0.4, -0.2) is 34.1 Å². The van der Waals surface area contributed by atoms with E-state index in [1.165, 1.54) is 19.4 Å². The molecule has 3 heterocycles. The number of ether oxygens (including phenoxy) is 3. The highest BCUT2D eigenvalue weighted by molar-refractivity contribution is 5.80. The van der Waals surface area contributed by atoms with Crippen LogP contribution in [0.4, 0.5) is 13.2 Å². The minimum Gasteiger partial charge on any atom is -0.489 e. The number of aromatic amines is 1. The molecule has 1 fully saturated rings. The summed E-state index contributed by atoms with van der Waals surface area (Å²) in [6, 6.07) is 8.33. The number of alkyl halides is 3. The van der Waals surface area contributed by atoms with Crippen molar-refractivity contribution in [2.24, 2.45) is 5.92 Å². The maximum Gasteiger partial charge on any atom is 0.432 e. The molecule has 2 aliphatic rings. The highest BCUT2D eigenvalue weighted by Gasteiger charge is 2.63. The standard InChI is InChI=1S/C20H14F3N3O4/c1-28-19(27)16-15-11-6-9(2-3-13(11)30-17(15)16)29-10-4-5-24-12(7-10)18-25-8-14(26-18)20(21,22)23/h2-8,15-17H,1H3,(H,25,26). The van der Waals surface area contributed by atoms with E-state index in [9.17, 15) is 18.0 Å². The second-order valence-corrected chi connectivity index (χ2v) is 6.98. The number of aromatic nitrogens is 3. The molecule has 1 aromatic carbocycles. The van der Waals surface area contributed by atoms with Crippen molar-refractivity contribution in [2.75, 3.05) is 7.11 Å². The number of carbonyl (C=O) groups excluding carboxylic acids is 1. The highest BCUT2D eigenvalue weighted by Crippen LogP contribution is 2.59. The highest BCUT2D eigenvalue weighted by atomic mass is 19.4. The molecule has 1 saturated carbocycles. The molecule has 5 rings (SSSR count). The minimum atomic E-state index is -4.52. The first kappa shape index (κ1) is 18.5. The average Bonchev–Trinajstić information content (AvgIpc) is 3.06. The number of nitrogens with one attached hydrogen (secondary N) is 1. The van der Waals surface area contributed by atoms with Crippen LogP contribution in [0, 0.1) is 5.92 Å². The summed E-state index contributed by atoms with van der Waals surface area (Å²) in [5, 5.41) is 0. The zero-order valence-electron chi connectivity index (χ0n) is 15.4. The Balaban J connectivity index is 1.37. The number of carbonyl (C=O) groups is 1. The summed E-state index contributed by atoms with van der Waals surface area (Å²) in [6.07, 6.45) is -2.60. The van der Waals surface area contributed by atoms with E-state index in [2.05, 4.69) is 15.0 Å². The smallest absolute Gasteiger partial charge is 0.432 e. The van der Waals surface area contributed by atoms with Gasteiger partial charge in [0.1, 0.15) is 40.7 Å². The zero-order valence-corrected chi connectivity index (χ0v) is 15.4. The number of H-pyrrole nitrogens is 1. The third-order valence-corrected chi connectivity index (χ3v) is 5.12. The molecule has 1 aliphatic carbocycles. The largest absolute Gasteiger partial charge is 0.489 e. The lowest BCUT2D eigenvalue weighted by Crippen LogP contribution is -2.11. The van der Waals surface area contributed by atoms with Gasteiger partial charge in [-0.2, -0.15) is 13.2 Å². The van der Waals surface area contributed by atoms with Crippen molar-refractivity contribution in [2.45, 2.75) is 18.2 Å². The van der Waals surface area contributed by atoms with Crippen LogP contribution in [0.1, 0.15) is 17.2 Å². The molecular formula is C20H14F3N3O4. The summed E-state index contributed by atoms with van der Waals surface area (Å²) >= 11 is 0. The Morgan fingerprint density at radius 3 is 2.70 bits per heavy atom. The quantitative estimate of drug-likeness (QED) is 0.648. The Morgan fingerprint density at radius 2 is 1.97 bits per heavy atom. The van der Waals surface area contributed by atoms with Crippen molar-refractivity contribution in [1.82, 2.24) is 15.0 Å². The van der Waals surface area contributed by atoms with Crippen LogP contribution in [0.2, 0.25) is 0 Å². The van der Waals surface area contributed by atoms with E-state index in [0.29, 0.717) is 17.2 Å². The van der Waals surface area contributed by atoms with Gasteiger partial charge in [-0.05, 0) is 24.3 Å². The molecular weight excluding hydrogens is 403 g/mol. The van der Waals surface area contributed by atoms with Gasteiger partial charge in [-0.25, -0.2) is 4.98 Å². The molecule has 1 aliphatic heterocycles. The summed E-state index contributed by atoms with van der Waals surface area (Å²) in [5.41, 5.74) is 0.118. The normalized spacial score (nSPS) is 21.4. The lowest BCUT2D eigenvalue weighted by atomic mass is 10.1. The van der Waals surface area contributed by atoms with Gasteiger partial charge >= 0.3 is 12.1 Å². The summed E-state index contributed by atoms with van der Waals surface area (Å²) in [5.74, 6) is 0.874. The molecule has 3 atom stereocenters. The van der Waals surface area contributed by atoms with Gasteiger partial charge in [-0.3, -0.25) is 9.78 Å². The van der Waals surface area contributed by atoms with Gasteiger partial charge in [0.15, 0.2) is 5.82 Å². The van der Waals surface area contributed by atoms with Crippen LogP contribution < -0.4 is 9.47 Å². The molecule has 30 heavy (non-hydrogen) atoms. The molecule has 3 aromatic rings. The summed E-state index contributed by atoms with van der Waals surface area (Å²) < 4.78 is 54.7. The molecule has 0 saturated heterocycles. The molecule has 3 unspecified atom stereocenters. The number of halogens is 3. The second kappa shape index (κ2) is 6.48. The van der Waals surface area contributed by atoms with Crippen molar-refractivity contribution in [1.29, 1.82) is 0 Å². The number of hydrogen-bond donors (Lipinski definition) is 1. The Kier molecular flexibility index (Phi) is 3.99. The summed E-state index contributed by atoms with van der Waals surface area (Å²) in [4.78, 5) is 21.8. The van der Waals surface area contributed by atoms with Crippen LogP contribution in [0.5, 0.6) is 17.2 Å². The molecule has 2 aromatic heterocycles. The lowest BCUT2D eigenvalue weighted by Gasteiger charge is -2.11. The molecule has 0 bridgehead atoms. The van der Waals surface area contributed by atoms with Crippen LogP contribution >= 0.6 is 0 Å². The maximum atomic E-state index is 12.8. The molecule has 0 amide bonds. The number of pyridine rings is 1. The number of rotatable bonds is 4. The predicted molar refractivity (Wildman–Crippen MR) is 96.0 cm³/mol. The van der Waals surface area contributed by atoms with Crippen LogP contribution in [0.3, 0.4) is 0 Å². The monoisotopic (exact) mass is 417 g/mol. The van der Waals surface area contributed by atoms with E-state index in [-0.39, 0.29) is 35.4 Å². The summed E-state index contributed by atoms with van der Waals surface area (Å²) in [7, 11) is 1.34. The van der Waals surface area contributed by atoms with Crippen LogP contribution in [0.25, 0.3) is 11.5 Å². The number of hydrogen-bond acceptors (Lipinski definition) is 6. The fourth-order valence-corrected chi connectivity index (χ4v) is 3.66. The molecule has 154 valence electrons. The van der Waals surface area contributed by atoms with E-state index < -0.39 is 11.9 Å². The van der Waals surface area contributed by atoms with Crippen molar-refractivity contribution in [3.8, 4) is 28.8 Å². The number of nitrogens with zero attached hydrogens (tertiary/aromatic N) is 2. The molecule has 1 N–H and O–H groups in total. The van der Waals surface area contributed by atoms with Crippen molar-refractivity contribution >= 4 is 5.97 Å². The van der Waals surface area contributed by atoms with Gasteiger partial charge in [-0.15, -0.1) is 0 Å². The van der Waals surface area contributed by atoms with Gasteiger partial charge in [-0.1, -0.05) is 0 Å². The second-order valence-electron chi connectivity index (χ2n) is 6.98. The Bertz CT molecular complexity index is 1140. The third-order valence-electron chi connectivity index (χ3n) is 5.12. The predicted octanol–water partition coefficient (Wildman–Crippen LogP) is 3.93. The average molecular weight is 417 g/mol. The SMILES string of the molecule is COC(=O)C1C2Oc3ccc(Oc4ccnc(-c5ncc(C(F)(F)F)[nH]5)c4)cc3C21. The van der Waals surface area contributed by atoms with Gasteiger partial charge in [0.25, 0.3) is 0 Å². The number of fused-ring (bicyclic) bond motifs is 3. The third kappa shape index (κ3) is 3.04. The first-order valence-corrected chi connectivity index (χ1v) is 9.00.